The van der Waals surface area contributed by atoms with Gasteiger partial charge in [0.1, 0.15) is 18.3 Å². The van der Waals surface area contributed by atoms with Crippen molar-refractivity contribution < 1.29 is 49.0 Å². The van der Waals surface area contributed by atoms with Gasteiger partial charge in [-0.1, -0.05) is 44.6 Å². The molecule has 3 rings (SSSR count). The number of fused-ring (bicyclic) bond motifs is 1. The van der Waals surface area contributed by atoms with Gasteiger partial charge >= 0.3 is 11.9 Å². The van der Waals surface area contributed by atoms with Gasteiger partial charge in [-0.2, -0.15) is 0 Å². The maximum absolute atomic E-state index is 13.1. The van der Waals surface area contributed by atoms with Crippen molar-refractivity contribution in [1.29, 1.82) is 0 Å². The summed E-state index contributed by atoms with van der Waals surface area (Å²) in [4.78, 5) is 24.7. The molecule has 0 aromatic carbocycles. The largest absolute Gasteiger partial charge is 0.457 e. The molecule has 0 aromatic rings. The number of hydrogen-bond acceptors (Lipinski definition) is 10. The molecule has 43 heavy (non-hydrogen) atoms. The molecule has 0 spiro atoms. The first-order chi connectivity index (χ1) is 20.1. The van der Waals surface area contributed by atoms with Crippen LogP contribution in [0.15, 0.2) is 34.9 Å². The van der Waals surface area contributed by atoms with Crippen LogP contribution in [0, 0.1) is 22.7 Å². The normalized spacial score (nSPS) is 38.1. The molecular formula is C33H52O10. The SMILES string of the molecule is C/C=C(/C)C(=O)O[C@@H]1[C@@H](O[C@H]2O[C@@H](C)[C@@H](OC(C)=O)[C@H](O)[C@@H]2O)C[C@]2(C)[C@H](CC/C(=C/CO)CO)C(C)=CC[C@@H]2C1(C)C. The molecule has 10 atom stereocenters. The zero-order valence-corrected chi connectivity index (χ0v) is 26.9. The van der Waals surface area contributed by atoms with Crippen LogP contribution >= 0.6 is 0 Å². The van der Waals surface area contributed by atoms with E-state index in [0.29, 0.717) is 18.4 Å². The molecular weight excluding hydrogens is 556 g/mol. The molecule has 1 heterocycles. The second kappa shape index (κ2) is 14.3. The number of aliphatic hydroxyl groups is 4. The smallest absolute Gasteiger partial charge is 0.333 e. The van der Waals surface area contributed by atoms with Crippen LogP contribution in [0.3, 0.4) is 0 Å². The van der Waals surface area contributed by atoms with Crippen LogP contribution in [-0.2, 0) is 28.5 Å². The number of rotatable bonds is 10. The Morgan fingerprint density at radius 1 is 1.12 bits per heavy atom. The molecule has 10 heteroatoms. The van der Waals surface area contributed by atoms with Gasteiger partial charge in [-0.25, -0.2) is 4.79 Å². The molecule has 2 aliphatic carbocycles. The summed E-state index contributed by atoms with van der Waals surface area (Å²) in [6, 6.07) is 0. The van der Waals surface area contributed by atoms with Crippen molar-refractivity contribution in [3.8, 4) is 0 Å². The van der Waals surface area contributed by atoms with Crippen LogP contribution < -0.4 is 0 Å². The second-order valence-corrected chi connectivity index (χ2v) is 13.3. The average Bonchev–Trinajstić information content (AvgIpc) is 2.93. The van der Waals surface area contributed by atoms with E-state index in [4.69, 9.17) is 18.9 Å². The molecule has 2 fully saturated rings. The first kappa shape index (κ1) is 35.4. The number of carbonyl (C=O) groups excluding carboxylic acids is 2. The number of esters is 2. The van der Waals surface area contributed by atoms with E-state index in [1.807, 2.05) is 0 Å². The minimum Gasteiger partial charge on any atom is -0.457 e. The van der Waals surface area contributed by atoms with Gasteiger partial charge in [0.15, 0.2) is 12.4 Å². The lowest BCUT2D eigenvalue weighted by Gasteiger charge is -2.61. The molecule has 3 aliphatic rings. The van der Waals surface area contributed by atoms with Crippen molar-refractivity contribution in [2.75, 3.05) is 13.2 Å². The highest BCUT2D eigenvalue weighted by Crippen LogP contribution is 2.62. The average molecular weight is 609 g/mol. The summed E-state index contributed by atoms with van der Waals surface area (Å²) in [5, 5.41) is 41.1. The summed E-state index contributed by atoms with van der Waals surface area (Å²) in [6.07, 6.45) is 0.797. The maximum Gasteiger partial charge on any atom is 0.333 e. The molecule has 1 saturated heterocycles. The Hall–Kier alpha value is -2.08. The Kier molecular flexibility index (Phi) is 11.8. The number of allylic oxidation sites excluding steroid dienone is 3. The molecule has 10 nitrogen and oxygen atoms in total. The van der Waals surface area contributed by atoms with Crippen molar-refractivity contribution >= 4 is 11.9 Å². The summed E-state index contributed by atoms with van der Waals surface area (Å²) in [7, 11) is 0. The lowest BCUT2D eigenvalue weighted by atomic mass is 9.46. The third-order valence-electron chi connectivity index (χ3n) is 10.1. The van der Waals surface area contributed by atoms with E-state index in [1.54, 1.807) is 32.9 Å². The van der Waals surface area contributed by atoms with Gasteiger partial charge in [-0.3, -0.25) is 4.79 Å². The van der Waals surface area contributed by atoms with Crippen LogP contribution in [0.1, 0.15) is 81.1 Å². The zero-order valence-electron chi connectivity index (χ0n) is 26.9. The van der Waals surface area contributed by atoms with E-state index < -0.39 is 60.3 Å². The second-order valence-electron chi connectivity index (χ2n) is 13.3. The summed E-state index contributed by atoms with van der Waals surface area (Å²) in [6.45, 7) is 14.6. The van der Waals surface area contributed by atoms with E-state index >= 15 is 0 Å². The Morgan fingerprint density at radius 2 is 1.79 bits per heavy atom. The van der Waals surface area contributed by atoms with Gasteiger partial charge in [-0.15, -0.1) is 0 Å². The molecule has 1 aliphatic heterocycles. The predicted octanol–water partition coefficient (Wildman–Crippen LogP) is 3.36. The minimum absolute atomic E-state index is 0.103. The van der Waals surface area contributed by atoms with Crippen LogP contribution in [0.4, 0.5) is 0 Å². The first-order valence-corrected chi connectivity index (χ1v) is 15.4. The highest BCUT2D eigenvalue weighted by molar-refractivity contribution is 5.87. The minimum atomic E-state index is -1.51. The van der Waals surface area contributed by atoms with E-state index in [2.05, 4.69) is 33.8 Å². The maximum atomic E-state index is 13.1. The predicted molar refractivity (Wildman–Crippen MR) is 159 cm³/mol. The Bertz CT molecular complexity index is 1090. The highest BCUT2D eigenvalue weighted by Gasteiger charge is 2.61. The van der Waals surface area contributed by atoms with Crippen molar-refractivity contribution in [3.05, 3.63) is 34.9 Å². The van der Waals surface area contributed by atoms with Crippen molar-refractivity contribution in [2.24, 2.45) is 22.7 Å². The van der Waals surface area contributed by atoms with Crippen molar-refractivity contribution in [2.45, 2.75) is 124 Å². The van der Waals surface area contributed by atoms with E-state index in [1.165, 1.54) is 12.5 Å². The van der Waals surface area contributed by atoms with E-state index in [9.17, 15) is 30.0 Å². The van der Waals surface area contributed by atoms with Crippen LogP contribution in [0.2, 0.25) is 0 Å². The van der Waals surface area contributed by atoms with Crippen molar-refractivity contribution in [1.82, 2.24) is 0 Å². The number of carbonyl (C=O) groups is 2. The van der Waals surface area contributed by atoms with E-state index in [-0.39, 0.29) is 30.5 Å². The lowest BCUT2D eigenvalue weighted by Crippen LogP contribution is -2.64. The van der Waals surface area contributed by atoms with E-state index in [0.717, 1.165) is 18.4 Å². The van der Waals surface area contributed by atoms with Gasteiger partial charge in [0, 0.05) is 17.9 Å². The van der Waals surface area contributed by atoms with Crippen LogP contribution in [0.5, 0.6) is 0 Å². The molecule has 1 saturated carbocycles. The fourth-order valence-corrected chi connectivity index (χ4v) is 7.71. The third-order valence-corrected chi connectivity index (χ3v) is 10.1. The van der Waals surface area contributed by atoms with Gasteiger partial charge in [0.25, 0.3) is 0 Å². The summed E-state index contributed by atoms with van der Waals surface area (Å²) < 4.78 is 23.9. The molecule has 0 bridgehead atoms. The highest BCUT2D eigenvalue weighted by atomic mass is 16.7. The van der Waals surface area contributed by atoms with Gasteiger partial charge in [0.2, 0.25) is 0 Å². The van der Waals surface area contributed by atoms with Crippen LogP contribution in [0.25, 0.3) is 0 Å². The molecule has 244 valence electrons. The topological polar surface area (TPSA) is 152 Å². The zero-order chi connectivity index (χ0) is 32.3. The number of ether oxygens (including phenoxy) is 4. The van der Waals surface area contributed by atoms with Gasteiger partial charge in [-0.05, 0) is 76.2 Å². The summed E-state index contributed by atoms with van der Waals surface area (Å²) in [5.74, 6) is -0.844. The summed E-state index contributed by atoms with van der Waals surface area (Å²) in [5.41, 5.74) is 1.59. The quantitative estimate of drug-likeness (QED) is 0.165. The Morgan fingerprint density at radius 3 is 2.37 bits per heavy atom. The summed E-state index contributed by atoms with van der Waals surface area (Å²) >= 11 is 0. The Labute approximate surface area is 255 Å². The first-order valence-electron chi connectivity index (χ1n) is 15.4. The monoisotopic (exact) mass is 608 g/mol. The fourth-order valence-electron chi connectivity index (χ4n) is 7.71. The number of hydrogen-bond donors (Lipinski definition) is 4. The third kappa shape index (κ3) is 7.43. The standard InChI is InChI=1S/C33H52O10/c1-9-18(2)30(39)43-29-24(42-31-27(38)26(37)28(20(4)40-31)41-21(5)36)16-33(8)23(12-11-22(17-35)14-15-34)19(3)10-13-25(33)32(29,6)7/h9-10,14,20,23-29,31,34-35,37-38H,11-13,15-17H2,1-8H3/b18-9-,22-14-/t20-,23+,24-,25+,26+,27-,28+,29+,31+,33+/m0/s1. The van der Waals surface area contributed by atoms with Gasteiger partial charge in [0.05, 0.1) is 25.4 Å². The molecule has 0 unspecified atom stereocenters. The molecule has 4 N–H and O–H groups in total. The Balaban J connectivity index is 2.00. The molecule has 0 aromatic heterocycles. The lowest BCUT2D eigenvalue weighted by molar-refractivity contribution is -0.326. The van der Waals surface area contributed by atoms with Crippen molar-refractivity contribution in [3.63, 3.8) is 0 Å². The molecule has 0 radical (unpaired) electrons. The molecule has 0 amide bonds. The van der Waals surface area contributed by atoms with Gasteiger partial charge < -0.3 is 39.4 Å². The van der Waals surface area contributed by atoms with Crippen LogP contribution in [-0.4, -0.2) is 88.5 Å². The number of aliphatic hydroxyl groups excluding tert-OH is 4. The fraction of sp³-hybridized carbons (Fsp3) is 0.758.